The summed E-state index contributed by atoms with van der Waals surface area (Å²) < 4.78 is 1.79. The fourth-order valence-electron chi connectivity index (χ4n) is 8.98. The topological polar surface area (TPSA) is 87.2 Å². The SMILES string of the molecule is CCCCCCC1(CCCCCC)c2ccccc2-c2ccc(-c3ccc(Br)c4nn(-c5ccncc5)nc34)c(-c3ccc(Br)c4nn(-c5ccncc5)nc34)c21. The van der Waals surface area contributed by atoms with E-state index in [0.29, 0.717) is 0 Å². The zero-order valence-electron chi connectivity index (χ0n) is 32.3. The average molecular weight is 881 g/mol. The van der Waals surface area contributed by atoms with Gasteiger partial charge in [0.15, 0.2) is 0 Å². The summed E-state index contributed by atoms with van der Waals surface area (Å²) in [5, 5.41) is 20.5. The van der Waals surface area contributed by atoms with Gasteiger partial charge in [0.05, 0.1) is 11.4 Å². The molecule has 0 atom stereocenters. The minimum atomic E-state index is -0.192. The predicted molar refractivity (Wildman–Crippen MR) is 237 cm³/mol. The van der Waals surface area contributed by atoms with Crippen LogP contribution in [0.1, 0.15) is 89.2 Å². The normalized spacial score (nSPS) is 13.1. The van der Waals surface area contributed by atoms with Crippen molar-refractivity contribution in [2.24, 2.45) is 0 Å². The lowest BCUT2D eigenvalue weighted by Gasteiger charge is -2.35. The smallest absolute Gasteiger partial charge is 0.128 e. The molecule has 1 aliphatic rings. The van der Waals surface area contributed by atoms with Gasteiger partial charge in [-0.05, 0) is 114 Å². The van der Waals surface area contributed by atoms with E-state index in [2.05, 4.69) is 116 Å². The van der Waals surface area contributed by atoms with Crippen LogP contribution in [0.2, 0.25) is 0 Å². The van der Waals surface area contributed by atoms with Crippen molar-refractivity contribution in [2.45, 2.75) is 83.5 Å². The summed E-state index contributed by atoms with van der Waals surface area (Å²) in [6.07, 6.45) is 18.9. The lowest BCUT2D eigenvalue weighted by Crippen LogP contribution is -2.26. The molecule has 9 rings (SSSR count). The largest absolute Gasteiger partial charge is 0.265 e. The second kappa shape index (κ2) is 16.1. The molecule has 57 heavy (non-hydrogen) atoms. The molecule has 0 unspecified atom stereocenters. The van der Waals surface area contributed by atoms with Crippen LogP contribution >= 0.6 is 31.9 Å². The van der Waals surface area contributed by atoms with Crippen LogP contribution in [0.25, 0.3) is 66.8 Å². The first-order valence-electron chi connectivity index (χ1n) is 20.2. The van der Waals surface area contributed by atoms with Gasteiger partial charge in [0.25, 0.3) is 0 Å². The third kappa shape index (κ3) is 6.70. The molecule has 0 bridgehead atoms. The summed E-state index contributed by atoms with van der Waals surface area (Å²) in [5.41, 5.74) is 14.6. The van der Waals surface area contributed by atoms with Crippen molar-refractivity contribution in [1.29, 1.82) is 0 Å². The van der Waals surface area contributed by atoms with Crippen molar-refractivity contribution >= 4 is 53.9 Å². The molecular formula is C47H44Br2N8. The molecule has 0 fully saturated rings. The molecule has 8 aromatic rings. The van der Waals surface area contributed by atoms with Gasteiger partial charge in [0.2, 0.25) is 0 Å². The highest BCUT2D eigenvalue weighted by molar-refractivity contribution is 9.11. The molecule has 4 aromatic carbocycles. The molecule has 4 aromatic heterocycles. The second-order valence-electron chi connectivity index (χ2n) is 15.1. The Bertz CT molecular complexity index is 2690. The Kier molecular flexibility index (Phi) is 10.6. The van der Waals surface area contributed by atoms with Gasteiger partial charge in [-0.3, -0.25) is 9.97 Å². The zero-order valence-corrected chi connectivity index (χ0v) is 35.5. The van der Waals surface area contributed by atoms with Crippen molar-refractivity contribution in [1.82, 2.24) is 40.0 Å². The summed E-state index contributed by atoms with van der Waals surface area (Å²) in [7, 11) is 0. The molecule has 0 amide bonds. The molecule has 0 radical (unpaired) electrons. The van der Waals surface area contributed by atoms with Crippen LogP contribution in [-0.4, -0.2) is 40.0 Å². The molecule has 286 valence electrons. The van der Waals surface area contributed by atoms with E-state index in [0.717, 1.165) is 84.8 Å². The van der Waals surface area contributed by atoms with Gasteiger partial charge in [-0.2, -0.15) is 9.59 Å². The Hall–Kier alpha value is -5.06. The van der Waals surface area contributed by atoms with Crippen molar-refractivity contribution in [3.63, 3.8) is 0 Å². The van der Waals surface area contributed by atoms with Gasteiger partial charge >= 0.3 is 0 Å². The third-order valence-corrected chi connectivity index (χ3v) is 12.9. The van der Waals surface area contributed by atoms with Gasteiger partial charge in [0, 0.05) is 50.3 Å². The van der Waals surface area contributed by atoms with E-state index in [1.165, 1.54) is 66.3 Å². The van der Waals surface area contributed by atoms with Crippen LogP contribution in [0, 0.1) is 0 Å². The standard InChI is InChI=1S/C47H44Br2N8/c1-3-5-7-11-25-47(26-12-8-6-4-2)38-14-10-9-13-33(38)35-16-15-34(36-17-19-39(48)45-43(36)52-56(54-45)31-21-27-50-28-22-31)41(42(35)47)37-18-20-40(49)46-44(37)53-57(55-46)32-23-29-51-30-24-32/h9-10,13-24,27-30H,3-8,11-12,25-26H2,1-2H3. The van der Waals surface area contributed by atoms with E-state index in [4.69, 9.17) is 20.4 Å². The van der Waals surface area contributed by atoms with Crippen LogP contribution in [0.5, 0.6) is 0 Å². The van der Waals surface area contributed by atoms with Crippen LogP contribution in [-0.2, 0) is 5.41 Å². The van der Waals surface area contributed by atoms with Gasteiger partial charge in [-0.25, -0.2) is 0 Å². The summed E-state index contributed by atoms with van der Waals surface area (Å²) >= 11 is 7.69. The highest BCUT2D eigenvalue weighted by Gasteiger charge is 2.45. The van der Waals surface area contributed by atoms with E-state index in [1.54, 1.807) is 34.4 Å². The first kappa shape index (κ1) is 37.5. The maximum atomic E-state index is 5.27. The average Bonchev–Trinajstić information content (AvgIpc) is 3.98. The maximum Gasteiger partial charge on any atom is 0.128 e. The number of hydrogen-bond acceptors (Lipinski definition) is 6. The van der Waals surface area contributed by atoms with E-state index in [1.807, 2.05) is 24.3 Å². The molecule has 0 spiro atoms. The summed E-state index contributed by atoms with van der Waals surface area (Å²) in [6.45, 7) is 4.60. The molecule has 10 heteroatoms. The zero-order chi connectivity index (χ0) is 38.9. The summed E-state index contributed by atoms with van der Waals surface area (Å²) in [6, 6.07) is 30.3. The van der Waals surface area contributed by atoms with E-state index in [9.17, 15) is 0 Å². The summed E-state index contributed by atoms with van der Waals surface area (Å²) in [4.78, 5) is 11.9. The van der Waals surface area contributed by atoms with Crippen LogP contribution in [0.4, 0.5) is 0 Å². The van der Waals surface area contributed by atoms with Crippen LogP contribution < -0.4 is 0 Å². The van der Waals surface area contributed by atoms with Gasteiger partial charge < -0.3 is 0 Å². The minimum absolute atomic E-state index is 0.192. The molecule has 0 saturated heterocycles. The summed E-state index contributed by atoms with van der Waals surface area (Å²) in [5.74, 6) is 0. The molecule has 8 nitrogen and oxygen atoms in total. The first-order chi connectivity index (χ1) is 28.0. The van der Waals surface area contributed by atoms with Crippen molar-refractivity contribution in [3.8, 4) is 44.8 Å². The van der Waals surface area contributed by atoms with Crippen molar-refractivity contribution in [2.75, 3.05) is 0 Å². The fourth-order valence-corrected chi connectivity index (χ4v) is 9.78. The Morgan fingerprint density at radius 3 is 1.54 bits per heavy atom. The quantitative estimate of drug-likeness (QED) is 0.101. The molecule has 4 heterocycles. The predicted octanol–water partition coefficient (Wildman–Crippen LogP) is 13.0. The number of hydrogen-bond donors (Lipinski definition) is 0. The van der Waals surface area contributed by atoms with Gasteiger partial charge in [-0.15, -0.1) is 20.4 Å². The Morgan fingerprint density at radius 1 is 0.474 bits per heavy atom. The lowest BCUT2D eigenvalue weighted by molar-refractivity contribution is 0.402. The number of halogens is 2. The van der Waals surface area contributed by atoms with Gasteiger partial charge in [-0.1, -0.05) is 114 Å². The van der Waals surface area contributed by atoms with Crippen LogP contribution in [0.3, 0.4) is 0 Å². The number of nitrogens with zero attached hydrogens (tertiary/aromatic N) is 8. The molecule has 0 saturated carbocycles. The highest BCUT2D eigenvalue weighted by atomic mass is 79.9. The van der Waals surface area contributed by atoms with E-state index in [-0.39, 0.29) is 5.41 Å². The Labute approximate surface area is 350 Å². The number of fused-ring (bicyclic) bond motifs is 5. The monoisotopic (exact) mass is 878 g/mol. The third-order valence-electron chi connectivity index (χ3n) is 11.7. The fraction of sp³-hybridized carbons (Fsp3) is 0.277. The molecule has 1 aliphatic carbocycles. The van der Waals surface area contributed by atoms with Crippen molar-refractivity contribution in [3.05, 3.63) is 130 Å². The first-order valence-corrected chi connectivity index (χ1v) is 21.8. The number of pyridine rings is 2. The Balaban J connectivity index is 1.37. The minimum Gasteiger partial charge on any atom is -0.265 e. The van der Waals surface area contributed by atoms with E-state index >= 15 is 0 Å². The number of aromatic nitrogens is 8. The van der Waals surface area contributed by atoms with Crippen molar-refractivity contribution < 1.29 is 0 Å². The highest BCUT2D eigenvalue weighted by Crippen LogP contribution is 2.59. The van der Waals surface area contributed by atoms with Gasteiger partial charge in [0.1, 0.15) is 22.1 Å². The number of benzene rings is 4. The maximum absolute atomic E-state index is 5.27. The number of rotatable bonds is 14. The molecule has 0 aliphatic heterocycles. The second-order valence-corrected chi connectivity index (χ2v) is 16.8. The van der Waals surface area contributed by atoms with E-state index < -0.39 is 0 Å². The lowest BCUT2D eigenvalue weighted by atomic mass is 9.68. The molecule has 0 N–H and O–H groups in total. The Morgan fingerprint density at radius 2 is 0.965 bits per heavy atom. The van der Waals surface area contributed by atoms with Crippen LogP contribution in [0.15, 0.2) is 119 Å². The number of unbranched alkanes of at least 4 members (excludes halogenated alkanes) is 6. The molecular weight excluding hydrogens is 836 g/mol.